The first-order valence-electron chi connectivity index (χ1n) is 7.84. The van der Waals surface area contributed by atoms with Crippen LogP contribution in [0.5, 0.6) is 11.5 Å². The van der Waals surface area contributed by atoms with Crippen molar-refractivity contribution in [1.29, 1.82) is 0 Å². The van der Waals surface area contributed by atoms with Gasteiger partial charge in [0.2, 0.25) is 10.0 Å². The fourth-order valence-corrected chi connectivity index (χ4v) is 3.52. The van der Waals surface area contributed by atoms with Gasteiger partial charge in [-0.25, -0.2) is 13.1 Å². The SMILES string of the molecule is CCOc1ccc(OCCNS(=O)(=O)c2cc(C)cc(C)c2)cc1. The molecule has 0 radical (unpaired) electrons. The first-order chi connectivity index (χ1) is 11.4. The first-order valence-corrected chi connectivity index (χ1v) is 9.32. The zero-order valence-electron chi connectivity index (χ0n) is 14.2. The number of benzene rings is 2. The Morgan fingerprint density at radius 3 is 2.00 bits per heavy atom. The highest BCUT2D eigenvalue weighted by molar-refractivity contribution is 7.89. The van der Waals surface area contributed by atoms with E-state index in [1.807, 2.05) is 39.0 Å². The van der Waals surface area contributed by atoms with Crippen LogP contribution in [0.2, 0.25) is 0 Å². The Bertz CT molecular complexity index is 750. The van der Waals surface area contributed by atoms with Gasteiger partial charge in [0, 0.05) is 6.54 Å². The monoisotopic (exact) mass is 349 g/mol. The summed E-state index contributed by atoms with van der Waals surface area (Å²) in [6.45, 7) is 6.73. The van der Waals surface area contributed by atoms with Crippen molar-refractivity contribution >= 4 is 10.0 Å². The van der Waals surface area contributed by atoms with E-state index >= 15 is 0 Å². The van der Waals surface area contributed by atoms with Crippen LogP contribution >= 0.6 is 0 Å². The standard InChI is InChI=1S/C18H23NO4S/c1-4-22-16-5-7-17(8-6-16)23-10-9-19-24(20,21)18-12-14(2)11-15(3)13-18/h5-8,11-13,19H,4,9-10H2,1-3H3. The summed E-state index contributed by atoms with van der Waals surface area (Å²) in [5.41, 5.74) is 1.84. The normalized spacial score (nSPS) is 11.3. The summed E-state index contributed by atoms with van der Waals surface area (Å²) in [6.07, 6.45) is 0. The van der Waals surface area contributed by atoms with Gasteiger partial charge in [-0.3, -0.25) is 0 Å². The van der Waals surface area contributed by atoms with Crippen LogP contribution in [-0.2, 0) is 10.0 Å². The minimum absolute atomic E-state index is 0.197. The molecule has 0 spiro atoms. The number of nitrogens with one attached hydrogen (secondary N) is 1. The van der Waals surface area contributed by atoms with E-state index in [9.17, 15) is 8.42 Å². The third kappa shape index (κ3) is 5.25. The Hall–Kier alpha value is -2.05. The number of ether oxygens (including phenoxy) is 2. The second kappa shape index (κ2) is 8.17. The number of rotatable bonds is 8. The minimum atomic E-state index is -3.52. The van der Waals surface area contributed by atoms with Gasteiger partial charge >= 0.3 is 0 Å². The minimum Gasteiger partial charge on any atom is -0.494 e. The molecule has 0 saturated heterocycles. The number of hydrogen-bond acceptors (Lipinski definition) is 4. The maximum atomic E-state index is 12.3. The highest BCUT2D eigenvalue weighted by atomic mass is 32.2. The molecule has 0 saturated carbocycles. The van der Waals surface area contributed by atoms with Crippen molar-refractivity contribution in [1.82, 2.24) is 4.72 Å². The molecule has 0 heterocycles. The Morgan fingerprint density at radius 2 is 1.46 bits per heavy atom. The molecular weight excluding hydrogens is 326 g/mol. The lowest BCUT2D eigenvalue weighted by Gasteiger charge is -2.10. The molecule has 0 aliphatic carbocycles. The van der Waals surface area contributed by atoms with Crippen molar-refractivity contribution in [2.75, 3.05) is 19.8 Å². The van der Waals surface area contributed by atoms with Crippen LogP contribution in [0.1, 0.15) is 18.1 Å². The van der Waals surface area contributed by atoms with Gasteiger partial charge in [0.1, 0.15) is 18.1 Å². The van der Waals surface area contributed by atoms with Crippen molar-refractivity contribution in [3.8, 4) is 11.5 Å². The summed E-state index contributed by atoms with van der Waals surface area (Å²) in [6, 6.07) is 12.5. The molecule has 0 amide bonds. The lowest BCUT2D eigenvalue weighted by Crippen LogP contribution is -2.28. The average Bonchev–Trinajstić information content (AvgIpc) is 2.52. The zero-order valence-corrected chi connectivity index (χ0v) is 15.0. The molecule has 0 atom stereocenters. The van der Waals surface area contributed by atoms with Crippen LogP contribution in [0.15, 0.2) is 47.4 Å². The van der Waals surface area contributed by atoms with Crippen LogP contribution in [0, 0.1) is 13.8 Å². The molecular formula is C18H23NO4S. The molecule has 0 aliphatic heterocycles. The smallest absolute Gasteiger partial charge is 0.240 e. The largest absolute Gasteiger partial charge is 0.494 e. The molecule has 1 N–H and O–H groups in total. The summed E-state index contributed by atoms with van der Waals surface area (Å²) in [5.74, 6) is 1.45. The molecule has 5 nitrogen and oxygen atoms in total. The summed E-state index contributed by atoms with van der Waals surface area (Å²) < 4.78 is 38.0. The number of aryl methyl sites for hydroxylation is 2. The van der Waals surface area contributed by atoms with Gasteiger partial charge in [0.25, 0.3) is 0 Å². The van der Waals surface area contributed by atoms with Crippen LogP contribution in [0.25, 0.3) is 0 Å². The summed E-state index contributed by atoms with van der Waals surface area (Å²) in [7, 11) is -3.52. The van der Waals surface area contributed by atoms with Gasteiger partial charge in [-0.1, -0.05) is 6.07 Å². The third-order valence-electron chi connectivity index (χ3n) is 3.30. The first kappa shape index (κ1) is 18.3. The fraction of sp³-hybridized carbons (Fsp3) is 0.333. The van der Waals surface area contributed by atoms with Gasteiger partial charge in [0.15, 0.2) is 0 Å². The zero-order chi connectivity index (χ0) is 17.6. The predicted octanol–water partition coefficient (Wildman–Crippen LogP) is 3.06. The van der Waals surface area contributed by atoms with Crippen molar-refractivity contribution in [3.63, 3.8) is 0 Å². The van der Waals surface area contributed by atoms with Crippen LogP contribution < -0.4 is 14.2 Å². The van der Waals surface area contributed by atoms with E-state index in [-0.39, 0.29) is 18.0 Å². The second-order valence-electron chi connectivity index (χ2n) is 5.47. The molecule has 0 aromatic heterocycles. The summed E-state index contributed by atoms with van der Waals surface area (Å²) >= 11 is 0. The van der Waals surface area contributed by atoms with Crippen LogP contribution in [-0.4, -0.2) is 28.2 Å². The fourth-order valence-electron chi connectivity index (χ4n) is 2.32. The van der Waals surface area contributed by atoms with Crippen molar-refractivity contribution in [2.45, 2.75) is 25.7 Å². The highest BCUT2D eigenvalue weighted by Crippen LogP contribution is 2.17. The topological polar surface area (TPSA) is 64.6 Å². The van der Waals surface area contributed by atoms with Gasteiger partial charge < -0.3 is 9.47 Å². The van der Waals surface area contributed by atoms with Crippen molar-refractivity contribution < 1.29 is 17.9 Å². The van der Waals surface area contributed by atoms with E-state index in [1.54, 1.807) is 24.3 Å². The van der Waals surface area contributed by atoms with E-state index in [2.05, 4.69) is 4.72 Å². The highest BCUT2D eigenvalue weighted by Gasteiger charge is 2.14. The quantitative estimate of drug-likeness (QED) is 0.744. The predicted molar refractivity (Wildman–Crippen MR) is 94.2 cm³/mol. The maximum absolute atomic E-state index is 12.3. The summed E-state index contributed by atoms with van der Waals surface area (Å²) in [4.78, 5) is 0.279. The van der Waals surface area contributed by atoms with E-state index in [4.69, 9.17) is 9.47 Å². The average molecular weight is 349 g/mol. The molecule has 0 bridgehead atoms. The molecule has 130 valence electrons. The molecule has 24 heavy (non-hydrogen) atoms. The van der Waals surface area contributed by atoms with E-state index in [0.29, 0.717) is 12.4 Å². The Kier molecular flexibility index (Phi) is 6.23. The van der Waals surface area contributed by atoms with Gasteiger partial charge in [-0.15, -0.1) is 0 Å². The molecule has 2 rings (SSSR count). The molecule has 0 aliphatic rings. The van der Waals surface area contributed by atoms with Gasteiger partial charge in [-0.2, -0.15) is 0 Å². The Labute approximate surface area is 143 Å². The molecule has 0 fully saturated rings. The maximum Gasteiger partial charge on any atom is 0.240 e. The summed E-state index contributed by atoms with van der Waals surface area (Å²) in [5, 5.41) is 0. The Morgan fingerprint density at radius 1 is 0.917 bits per heavy atom. The number of hydrogen-bond donors (Lipinski definition) is 1. The van der Waals surface area contributed by atoms with E-state index in [0.717, 1.165) is 16.9 Å². The van der Waals surface area contributed by atoms with Gasteiger partial charge in [-0.05, 0) is 68.3 Å². The van der Waals surface area contributed by atoms with E-state index < -0.39 is 10.0 Å². The van der Waals surface area contributed by atoms with Crippen molar-refractivity contribution in [3.05, 3.63) is 53.6 Å². The van der Waals surface area contributed by atoms with Crippen molar-refractivity contribution in [2.24, 2.45) is 0 Å². The molecule has 2 aromatic rings. The number of sulfonamides is 1. The van der Waals surface area contributed by atoms with Crippen LogP contribution in [0.3, 0.4) is 0 Å². The van der Waals surface area contributed by atoms with E-state index in [1.165, 1.54) is 0 Å². The molecule has 0 unspecified atom stereocenters. The molecule has 6 heteroatoms. The molecule has 2 aromatic carbocycles. The Balaban J connectivity index is 1.86. The van der Waals surface area contributed by atoms with Crippen LogP contribution in [0.4, 0.5) is 0 Å². The lowest BCUT2D eigenvalue weighted by molar-refractivity contribution is 0.319. The van der Waals surface area contributed by atoms with Gasteiger partial charge in [0.05, 0.1) is 11.5 Å². The third-order valence-corrected chi connectivity index (χ3v) is 4.74. The lowest BCUT2D eigenvalue weighted by atomic mass is 10.2. The second-order valence-corrected chi connectivity index (χ2v) is 7.24.